The molecule has 1 aromatic carbocycles. The zero-order valence-electron chi connectivity index (χ0n) is 13.1. The zero-order chi connectivity index (χ0) is 18.6. The van der Waals surface area contributed by atoms with Crippen LogP contribution in [0.1, 0.15) is 5.56 Å². The number of carbonyl (C=O) groups excluding carboxylic acids is 3. The molecule has 0 aromatic heterocycles. The van der Waals surface area contributed by atoms with Crippen molar-refractivity contribution in [3.8, 4) is 5.75 Å². The molecule has 1 fully saturated rings. The lowest BCUT2D eigenvalue weighted by Crippen LogP contribution is -2.27. The number of nitrogens with zero attached hydrogens (tertiary/aromatic N) is 1. The number of imide groups is 1. The Morgan fingerprint density at radius 1 is 1.32 bits per heavy atom. The maximum absolute atomic E-state index is 12.2. The van der Waals surface area contributed by atoms with Crippen LogP contribution in [-0.2, 0) is 14.3 Å². The summed E-state index contributed by atoms with van der Waals surface area (Å²) in [6.45, 7) is 3.32. The quantitative estimate of drug-likeness (QED) is 0.410. The third kappa shape index (κ3) is 4.56. The molecule has 0 spiro atoms. The molecule has 0 bridgehead atoms. The average molecular weight is 402 g/mol. The van der Waals surface area contributed by atoms with E-state index in [-0.39, 0.29) is 39.1 Å². The van der Waals surface area contributed by atoms with Crippen molar-refractivity contribution in [1.82, 2.24) is 4.90 Å². The molecule has 1 saturated heterocycles. The van der Waals surface area contributed by atoms with Crippen molar-refractivity contribution in [2.75, 3.05) is 20.3 Å². The van der Waals surface area contributed by atoms with Gasteiger partial charge in [-0.15, -0.1) is 6.58 Å². The Hall–Kier alpha value is -1.96. The van der Waals surface area contributed by atoms with Crippen LogP contribution in [-0.4, -0.2) is 42.3 Å². The molecule has 0 aliphatic carbocycles. The van der Waals surface area contributed by atoms with Gasteiger partial charge in [0.25, 0.3) is 11.1 Å². The molecule has 1 aromatic rings. The van der Waals surface area contributed by atoms with Gasteiger partial charge in [0.2, 0.25) is 0 Å². The molecule has 0 atom stereocenters. The fraction of sp³-hybridized carbons (Fsp3) is 0.188. The number of halogens is 2. The predicted octanol–water partition coefficient (Wildman–Crippen LogP) is 3.77. The molecule has 9 heteroatoms. The van der Waals surface area contributed by atoms with Crippen molar-refractivity contribution in [3.63, 3.8) is 0 Å². The standard InChI is InChI=1S/C16H13Cl2NO5S/c1-3-4-19-15(21)12(25-16(19)22)7-9-5-10(17)14(11(18)6-9)24-8-13(20)23-2/h3,5-7H,1,4,8H2,2H3. The van der Waals surface area contributed by atoms with Crippen molar-refractivity contribution < 1.29 is 23.9 Å². The molecule has 0 radical (unpaired) electrons. The molecule has 0 saturated carbocycles. The number of benzene rings is 1. The number of amides is 2. The molecule has 132 valence electrons. The third-order valence-corrected chi connectivity index (χ3v) is 4.53. The summed E-state index contributed by atoms with van der Waals surface area (Å²) in [4.78, 5) is 36.5. The van der Waals surface area contributed by atoms with Crippen molar-refractivity contribution in [2.45, 2.75) is 0 Å². The molecular weight excluding hydrogens is 389 g/mol. The van der Waals surface area contributed by atoms with E-state index in [0.717, 1.165) is 16.7 Å². The Labute approximate surface area is 158 Å². The minimum Gasteiger partial charge on any atom is -0.479 e. The smallest absolute Gasteiger partial charge is 0.343 e. The summed E-state index contributed by atoms with van der Waals surface area (Å²) in [6.07, 6.45) is 2.98. The number of hydrogen-bond acceptors (Lipinski definition) is 6. The van der Waals surface area contributed by atoms with Crippen LogP contribution in [0, 0.1) is 0 Å². The third-order valence-electron chi connectivity index (χ3n) is 3.07. The lowest BCUT2D eigenvalue weighted by Gasteiger charge is -2.10. The van der Waals surface area contributed by atoms with Gasteiger partial charge in [0, 0.05) is 6.54 Å². The fourth-order valence-electron chi connectivity index (χ4n) is 1.93. The zero-order valence-corrected chi connectivity index (χ0v) is 15.4. The number of hydrogen-bond donors (Lipinski definition) is 0. The Morgan fingerprint density at radius 2 is 1.96 bits per heavy atom. The number of methoxy groups -OCH3 is 1. The van der Waals surface area contributed by atoms with Crippen LogP contribution in [0.2, 0.25) is 10.0 Å². The molecule has 1 aliphatic heterocycles. The first kappa shape index (κ1) is 19.4. The highest BCUT2D eigenvalue weighted by molar-refractivity contribution is 8.18. The van der Waals surface area contributed by atoms with Crippen LogP contribution >= 0.6 is 35.0 Å². The average Bonchev–Trinajstić information content (AvgIpc) is 2.81. The Balaban J connectivity index is 2.24. The minimum absolute atomic E-state index is 0.130. The monoisotopic (exact) mass is 401 g/mol. The van der Waals surface area contributed by atoms with Crippen LogP contribution in [0.3, 0.4) is 0 Å². The number of carbonyl (C=O) groups is 3. The van der Waals surface area contributed by atoms with Crippen molar-refractivity contribution in [2.24, 2.45) is 0 Å². The summed E-state index contributed by atoms with van der Waals surface area (Å²) in [5, 5.41) is -0.0488. The predicted molar refractivity (Wildman–Crippen MR) is 96.8 cm³/mol. The molecule has 25 heavy (non-hydrogen) atoms. The Morgan fingerprint density at radius 3 is 2.52 bits per heavy atom. The first-order chi connectivity index (χ1) is 11.9. The lowest BCUT2D eigenvalue weighted by atomic mass is 10.2. The van der Waals surface area contributed by atoms with E-state index in [1.807, 2.05) is 0 Å². The second-order valence-electron chi connectivity index (χ2n) is 4.76. The van der Waals surface area contributed by atoms with E-state index in [4.69, 9.17) is 27.9 Å². The highest BCUT2D eigenvalue weighted by Crippen LogP contribution is 2.37. The number of thioether (sulfide) groups is 1. The number of esters is 1. The maximum atomic E-state index is 12.2. The lowest BCUT2D eigenvalue weighted by molar-refractivity contribution is -0.142. The van der Waals surface area contributed by atoms with Gasteiger partial charge in [-0.1, -0.05) is 29.3 Å². The topological polar surface area (TPSA) is 72.9 Å². The first-order valence-electron chi connectivity index (χ1n) is 6.92. The van der Waals surface area contributed by atoms with E-state index >= 15 is 0 Å². The van der Waals surface area contributed by atoms with E-state index in [1.54, 1.807) is 0 Å². The minimum atomic E-state index is -0.577. The summed E-state index contributed by atoms with van der Waals surface area (Å²) in [6, 6.07) is 3.03. The highest BCUT2D eigenvalue weighted by atomic mass is 35.5. The van der Waals surface area contributed by atoms with Gasteiger partial charge in [-0.25, -0.2) is 4.79 Å². The summed E-state index contributed by atoms with van der Waals surface area (Å²) in [7, 11) is 1.23. The van der Waals surface area contributed by atoms with Crippen molar-refractivity contribution in [3.05, 3.63) is 45.3 Å². The van der Waals surface area contributed by atoms with Gasteiger partial charge in [0.1, 0.15) is 0 Å². The van der Waals surface area contributed by atoms with Gasteiger partial charge in [-0.05, 0) is 35.5 Å². The summed E-state index contributed by atoms with van der Waals surface area (Å²) >= 11 is 13.1. The van der Waals surface area contributed by atoms with Gasteiger partial charge < -0.3 is 9.47 Å². The Bertz CT molecular complexity index is 755. The van der Waals surface area contributed by atoms with E-state index in [0.29, 0.717) is 5.56 Å². The van der Waals surface area contributed by atoms with Gasteiger partial charge in [-0.3, -0.25) is 14.5 Å². The van der Waals surface area contributed by atoms with Crippen molar-refractivity contribution >= 4 is 58.2 Å². The maximum Gasteiger partial charge on any atom is 0.343 e. The molecule has 1 aliphatic rings. The van der Waals surface area contributed by atoms with Gasteiger partial charge in [-0.2, -0.15) is 0 Å². The van der Waals surface area contributed by atoms with Gasteiger partial charge in [0.05, 0.1) is 22.1 Å². The summed E-state index contributed by atoms with van der Waals surface area (Å²) in [5.74, 6) is -0.856. The first-order valence-corrected chi connectivity index (χ1v) is 8.49. The SMILES string of the molecule is C=CCN1C(=O)SC(=Cc2cc(Cl)c(OCC(=O)OC)c(Cl)c2)C1=O. The summed E-state index contributed by atoms with van der Waals surface area (Å²) < 4.78 is 9.70. The van der Waals surface area contributed by atoms with Crippen molar-refractivity contribution in [1.29, 1.82) is 0 Å². The van der Waals surface area contributed by atoms with Crippen LogP contribution in [0.15, 0.2) is 29.7 Å². The van der Waals surface area contributed by atoms with Gasteiger partial charge in [0.15, 0.2) is 12.4 Å². The van der Waals surface area contributed by atoms with Crippen LogP contribution in [0.5, 0.6) is 5.75 Å². The summed E-state index contributed by atoms with van der Waals surface area (Å²) in [5.41, 5.74) is 0.518. The van der Waals surface area contributed by atoms with Crippen LogP contribution < -0.4 is 4.74 Å². The molecular formula is C16H13Cl2NO5S. The van der Waals surface area contributed by atoms with E-state index in [9.17, 15) is 14.4 Å². The Kier molecular flexibility index (Phi) is 6.52. The molecule has 0 unspecified atom stereocenters. The second kappa shape index (κ2) is 8.42. The number of rotatable bonds is 6. The molecule has 1 heterocycles. The molecule has 0 N–H and O–H groups in total. The van der Waals surface area contributed by atoms with E-state index in [1.165, 1.54) is 31.4 Å². The van der Waals surface area contributed by atoms with Gasteiger partial charge >= 0.3 is 5.97 Å². The van der Waals surface area contributed by atoms with E-state index in [2.05, 4.69) is 11.3 Å². The van der Waals surface area contributed by atoms with E-state index < -0.39 is 11.9 Å². The molecule has 2 amide bonds. The normalized spacial score (nSPS) is 15.6. The highest BCUT2D eigenvalue weighted by Gasteiger charge is 2.34. The molecule has 6 nitrogen and oxygen atoms in total. The molecule has 2 rings (SSSR count). The number of ether oxygens (including phenoxy) is 2. The van der Waals surface area contributed by atoms with Crippen LogP contribution in [0.25, 0.3) is 6.08 Å². The van der Waals surface area contributed by atoms with Crippen LogP contribution in [0.4, 0.5) is 4.79 Å². The largest absolute Gasteiger partial charge is 0.479 e. The fourth-order valence-corrected chi connectivity index (χ4v) is 3.39. The second-order valence-corrected chi connectivity index (χ2v) is 6.57.